The molecule has 1 aliphatic carbocycles. The average Bonchev–Trinajstić information content (AvgIpc) is 3.18. The molecule has 2 aromatic rings. The molecule has 0 radical (unpaired) electrons. The van der Waals surface area contributed by atoms with E-state index in [0.717, 1.165) is 29.0 Å². The molecule has 1 aromatic carbocycles. The van der Waals surface area contributed by atoms with E-state index in [2.05, 4.69) is 5.10 Å². The number of likely N-dealkylation sites (N-methyl/N-ethyl adjacent to an activating group) is 1. The van der Waals surface area contributed by atoms with Crippen molar-refractivity contribution < 1.29 is 9.59 Å². The highest BCUT2D eigenvalue weighted by Crippen LogP contribution is 2.37. The Kier molecular flexibility index (Phi) is 5.02. The third kappa shape index (κ3) is 3.77. The van der Waals surface area contributed by atoms with Crippen LogP contribution in [0.25, 0.3) is 0 Å². The van der Waals surface area contributed by atoms with Crippen molar-refractivity contribution in [3.63, 3.8) is 0 Å². The Morgan fingerprint density at radius 1 is 1.26 bits per heavy atom. The number of rotatable bonds is 5. The summed E-state index contributed by atoms with van der Waals surface area (Å²) in [5.74, 6) is -0.0619. The van der Waals surface area contributed by atoms with Crippen molar-refractivity contribution in [2.24, 2.45) is 11.0 Å². The van der Waals surface area contributed by atoms with E-state index in [1.807, 2.05) is 41.8 Å². The number of carbonyl (C=O) groups is 2. The van der Waals surface area contributed by atoms with Crippen LogP contribution in [0.1, 0.15) is 35.7 Å². The van der Waals surface area contributed by atoms with E-state index in [-0.39, 0.29) is 30.3 Å². The van der Waals surface area contributed by atoms with Gasteiger partial charge in [-0.25, -0.2) is 5.01 Å². The maximum atomic E-state index is 13.0. The zero-order valence-electron chi connectivity index (χ0n) is 15.0. The zero-order chi connectivity index (χ0) is 19.0. The minimum Gasteiger partial charge on any atom is -0.336 e. The van der Waals surface area contributed by atoms with E-state index in [1.165, 1.54) is 9.91 Å². The van der Waals surface area contributed by atoms with Gasteiger partial charge >= 0.3 is 0 Å². The number of nitrogens with zero attached hydrogens (tertiary/aromatic N) is 3. The van der Waals surface area contributed by atoms with Gasteiger partial charge in [0.05, 0.1) is 16.6 Å². The van der Waals surface area contributed by atoms with Crippen molar-refractivity contribution in [3.05, 3.63) is 57.2 Å². The second-order valence-corrected chi connectivity index (χ2v) is 8.33. The monoisotopic (exact) mass is 401 g/mol. The fraction of sp³-hybridized carbons (Fsp3) is 0.350. The summed E-state index contributed by atoms with van der Waals surface area (Å²) in [6.07, 6.45) is 2.45. The van der Waals surface area contributed by atoms with Gasteiger partial charge in [0, 0.05) is 24.4 Å². The van der Waals surface area contributed by atoms with Crippen LogP contribution in [0.2, 0.25) is 5.02 Å². The summed E-state index contributed by atoms with van der Waals surface area (Å²) in [5, 5.41) is 8.73. The molecule has 140 valence electrons. The Morgan fingerprint density at radius 3 is 2.70 bits per heavy atom. The van der Waals surface area contributed by atoms with Crippen LogP contribution in [0.3, 0.4) is 0 Å². The van der Waals surface area contributed by atoms with Gasteiger partial charge < -0.3 is 4.90 Å². The van der Waals surface area contributed by atoms with Crippen LogP contribution in [0.5, 0.6) is 0 Å². The van der Waals surface area contributed by atoms with E-state index in [0.29, 0.717) is 11.4 Å². The van der Waals surface area contributed by atoms with E-state index >= 15 is 0 Å². The van der Waals surface area contributed by atoms with E-state index in [4.69, 9.17) is 11.6 Å². The Morgan fingerprint density at radius 2 is 2.04 bits per heavy atom. The molecule has 1 aliphatic heterocycles. The normalized spacial score (nSPS) is 19.1. The molecule has 0 spiro atoms. The van der Waals surface area contributed by atoms with Crippen molar-refractivity contribution in [3.8, 4) is 0 Å². The lowest BCUT2D eigenvalue weighted by Gasteiger charge is -2.25. The number of hydrazone groups is 1. The first-order chi connectivity index (χ1) is 13.0. The summed E-state index contributed by atoms with van der Waals surface area (Å²) in [7, 11) is 1.68. The molecule has 27 heavy (non-hydrogen) atoms. The van der Waals surface area contributed by atoms with Crippen molar-refractivity contribution in [2.75, 3.05) is 13.6 Å². The van der Waals surface area contributed by atoms with E-state index in [1.54, 1.807) is 18.4 Å². The predicted molar refractivity (Wildman–Crippen MR) is 107 cm³/mol. The second kappa shape index (κ2) is 7.44. The number of benzene rings is 1. The Bertz CT molecular complexity index is 892. The molecular weight excluding hydrogens is 382 g/mol. The SMILES string of the molecule is CN(CC(=O)N1N=C(c2cccs2)C[C@H]1c1ccccc1Cl)C(=O)C1CC1. The molecule has 0 unspecified atom stereocenters. The molecule has 1 atom stereocenters. The summed E-state index contributed by atoms with van der Waals surface area (Å²) in [6.45, 7) is 0.0253. The van der Waals surface area contributed by atoms with Crippen molar-refractivity contribution in [2.45, 2.75) is 25.3 Å². The topological polar surface area (TPSA) is 53.0 Å². The van der Waals surface area contributed by atoms with Crippen LogP contribution in [0.4, 0.5) is 0 Å². The molecule has 0 saturated heterocycles. The largest absolute Gasteiger partial charge is 0.336 e. The summed E-state index contributed by atoms with van der Waals surface area (Å²) >= 11 is 8.00. The third-order valence-electron chi connectivity index (χ3n) is 4.91. The lowest BCUT2D eigenvalue weighted by atomic mass is 10.0. The Hall–Kier alpha value is -2.18. The molecule has 2 aliphatic rings. The van der Waals surface area contributed by atoms with Crippen LogP contribution < -0.4 is 0 Å². The first kappa shape index (κ1) is 18.2. The summed E-state index contributed by atoms with van der Waals surface area (Å²) < 4.78 is 0. The van der Waals surface area contributed by atoms with Gasteiger partial charge in [-0.05, 0) is 35.9 Å². The van der Waals surface area contributed by atoms with Crippen molar-refractivity contribution in [1.82, 2.24) is 9.91 Å². The van der Waals surface area contributed by atoms with E-state index in [9.17, 15) is 9.59 Å². The average molecular weight is 402 g/mol. The van der Waals surface area contributed by atoms with Crippen molar-refractivity contribution in [1.29, 1.82) is 0 Å². The lowest BCUT2D eigenvalue weighted by Crippen LogP contribution is -2.39. The van der Waals surface area contributed by atoms with Gasteiger partial charge in [0.2, 0.25) is 5.91 Å². The molecule has 0 bridgehead atoms. The highest BCUT2D eigenvalue weighted by molar-refractivity contribution is 7.12. The highest BCUT2D eigenvalue weighted by atomic mass is 35.5. The molecule has 0 N–H and O–H groups in total. The van der Waals surface area contributed by atoms with Crippen LogP contribution in [-0.2, 0) is 9.59 Å². The summed E-state index contributed by atoms with van der Waals surface area (Å²) in [5.41, 5.74) is 1.75. The smallest absolute Gasteiger partial charge is 0.262 e. The number of hydrogen-bond donors (Lipinski definition) is 0. The Balaban J connectivity index is 1.59. The lowest BCUT2D eigenvalue weighted by molar-refractivity contribution is -0.141. The zero-order valence-corrected chi connectivity index (χ0v) is 16.5. The predicted octanol–water partition coefficient (Wildman–Crippen LogP) is 3.95. The molecule has 5 nitrogen and oxygen atoms in total. The number of halogens is 1. The standard InChI is InChI=1S/C20H20ClN3O2S/c1-23(20(26)13-8-9-13)12-19(25)24-17(14-5-2-3-6-15(14)21)11-16(22-24)18-7-4-10-27-18/h2-7,10,13,17H,8-9,11-12H2,1H3/t17-/m0/s1. The van der Waals surface area contributed by atoms with Crippen LogP contribution in [0.15, 0.2) is 46.9 Å². The maximum Gasteiger partial charge on any atom is 0.262 e. The first-order valence-electron chi connectivity index (χ1n) is 8.97. The van der Waals surface area contributed by atoms with Gasteiger partial charge in [0.25, 0.3) is 5.91 Å². The number of carbonyl (C=O) groups excluding carboxylic acids is 2. The van der Waals surface area contributed by atoms with Crippen LogP contribution >= 0.6 is 22.9 Å². The minimum absolute atomic E-state index is 0.0253. The molecule has 1 aromatic heterocycles. The molecule has 1 saturated carbocycles. The Labute approximate surface area is 167 Å². The third-order valence-corrected chi connectivity index (χ3v) is 6.17. The quantitative estimate of drug-likeness (QED) is 0.761. The van der Waals surface area contributed by atoms with Gasteiger partial charge in [-0.2, -0.15) is 5.10 Å². The minimum atomic E-state index is -0.257. The van der Waals surface area contributed by atoms with Crippen molar-refractivity contribution >= 4 is 40.5 Å². The molecular formula is C20H20ClN3O2S. The number of amides is 2. The van der Waals surface area contributed by atoms with Gasteiger partial charge in [-0.15, -0.1) is 11.3 Å². The summed E-state index contributed by atoms with van der Waals surface area (Å²) in [4.78, 5) is 27.8. The van der Waals surface area contributed by atoms with Crippen LogP contribution in [-0.4, -0.2) is 41.0 Å². The second-order valence-electron chi connectivity index (χ2n) is 6.97. The highest BCUT2D eigenvalue weighted by Gasteiger charge is 2.37. The molecule has 4 rings (SSSR count). The maximum absolute atomic E-state index is 13.0. The molecule has 2 amide bonds. The first-order valence-corrected chi connectivity index (χ1v) is 10.2. The fourth-order valence-electron chi connectivity index (χ4n) is 3.31. The van der Waals surface area contributed by atoms with Crippen LogP contribution in [0, 0.1) is 5.92 Å². The molecule has 7 heteroatoms. The number of hydrogen-bond acceptors (Lipinski definition) is 4. The van der Waals surface area contributed by atoms with Gasteiger partial charge in [-0.3, -0.25) is 9.59 Å². The van der Waals surface area contributed by atoms with Gasteiger partial charge in [0.15, 0.2) is 0 Å². The van der Waals surface area contributed by atoms with E-state index < -0.39 is 0 Å². The fourth-order valence-corrected chi connectivity index (χ4v) is 4.30. The summed E-state index contributed by atoms with van der Waals surface area (Å²) in [6, 6.07) is 11.3. The molecule has 2 heterocycles. The number of thiophene rings is 1. The van der Waals surface area contributed by atoms with Gasteiger partial charge in [-0.1, -0.05) is 35.9 Å². The molecule has 1 fully saturated rings. The van der Waals surface area contributed by atoms with Gasteiger partial charge in [0.1, 0.15) is 6.54 Å².